The van der Waals surface area contributed by atoms with Crippen LogP contribution in [0.1, 0.15) is 112 Å². The summed E-state index contributed by atoms with van der Waals surface area (Å²) in [5.74, 6) is 4.51. The predicted molar refractivity (Wildman–Crippen MR) is 121 cm³/mol. The molecule has 10 atom stereocenters. The molecule has 0 aromatic rings. The van der Waals surface area contributed by atoms with E-state index in [0.29, 0.717) is 22.7 Å². The lowest BCUT2D eigenvalue weighted by Gasteiger charge is -2.62. The number of aliphatic hydroxyl groups is 2. The standard InChI is InChI=1S/C27H48O2/c1-6-8-24(28)18(3)21-11-12-22-20-10-9-19-17-27(29,7-2)16-15-25(19,4)23(20)13-14-26(21,22)5/h18-24,28-29H,6-17H2,1-5H3/t18?,19-,20+,21-,22+,23+,24?,25+,26-,27+/m1/s1. The molecule has 0 spiro atoms. The van der Waals surface area contributed by atoms with Crippen molar-refractivity contribution in [2.24, 2.45) is 46.3 Å². The largest absolute Gasteiger partial charge is 0.393 e. The molecule has 0 radical (unpaired) electrons. The normalized spacial score (nSPS) is 51.6. The number of fused-ring (bicyclic) bond motifs is 5. The molecular formula is C27H48O2. The molecule has 0 amide bonds. The average Bonchev–Trinajstić information content (AvgIpc) is 3.05. The Morgan fingerprint density at radius 2 is 1.62 bits per heavy atom. The van der Waals surface area contributed by atoms with Crippen molar-refractivity contribution in [2.45, 2.75) is 123 Å². The molecule has 0 aliphatic heterocycles. The molecule has 0 heterocycles. The van der Waals surface area contributed by atoms with Crippen LogP contribution in [0.4, 0.5) is 0 Å². The van der Waals surface area contributed by atoms with Gasteiger partial charge in [-0.25, -0.2) is 0 Å². The summed E-state index contributed by atoms with van der Waals surface area (Å²) in [6.45, 7) is 11.9. The van der Waals surface area contributed by atoms with Gasteiger partial charge < -0.3 is 10.2 Å². The summed E-state index contributed by atoms with van der Waals surface area (Å²) in [6, 6.07) is 0. The summed E-state index contributed by atoms with van der Waals surface area (Å²) < 4.78 is 0. The van der Waals surface area contributed by atoms with Crippen LogP contribution in [0.15, 0.2) is 0 Å². The maximum absolute atomic E-state index is 11.0. The molecule has 168 valence electrons. The fourth-order valence-corrected chi connectivity index (χ4v) is 9.37. The summed E-state index contributed by atoms with van der Waals surface area (Å²) in [5, 5.41) is 21.7. The van der Waals surface area contributed by atoms with E-state index in [4.69, 9.17) is 0 Å². The molecule has 4 fully saturated rings. The molecule has 4 aliphatic carbocycles. The van der Waals surface area contributed by atoms with Gasteiger partial charge in [0.2, 0.25) is 0 Å². The van der Waals surface area contributed by atoms with Gasteiger partial charge in [-0.1, -0.05) is 41.0 Å². The molecule has 2 nitrogen and oxygen atoms in total. The Hall–Kier alpha value is -0.0800. The number of rotatable bonds is 5. The first-order valence-electron chi connectivity index (χ1n) is 13.1. The van der Waals surface area contributed by atoms with Crippen molar-refractivity contribution in [1.82, 2.24) is 0 Å². The van der Waals surface area contributed by atoms with Crippen LogP contribution in [0.25, 0.3) is 0 Å². The van der Waals surface area contributed by atoms with Crippen LogP contribution < -0.4 is 0 Å². The Bertz CT molecular complexity index is 589. The second kappa shape index (κ2) is 7.80. The zero-order valence-electron chi connectivity index (χ0n) is 19.9. The third kappa shape index (κ3) is 3.43. The van der Waals surface area contributed by atoms with Crippen molar-refractivity contribution in [3.8, 4) is 0 Å². The minimum absolute atomic E-state index is 0.114. The van der Waals surface area contributed by atoms with Crippen LogP contribution in [0, 0.1) is 46.3 Å². The van der Waals surface area contributed by atoms with E-state index in [1.54, 1.807) is 0 Å². The molecule has 4 rings (SSSR count). The van der Waals surface area contributed by atoms with Crippen molar-refractivity contribution >= 4 is 0 Å². The highest BCUT2D eigenvalue weighted by Crippen LogP contribution is 2.69. The van der Waals surface area contributed by atoms with Crippen LogP contribution in [0.5, 0.6) is 0 Å². The summed E-state index contributed by atoms with van der Waals surface area (Å²) in [5.41, 5.74) is 0.512. The lowest BCUT2D eigenvalue weighted by Crippen LogP contribution is -2.56. The van der Waals surface area contributed by atoms with E-state index in [9.17, 15) is 10.2 Å². The van der Waals surface area contributed by atoms with Gasteiger partial charge >= 0.3 is 0 Å². The Morgan fingerprint density at radius 1 is 0.897 bits per heavy atom. The second-order valence-electron chi connectivity index (χ2n) is 12.4. The van der Waals surface area contributed by atoms with Crippen LogP contribution in [-0.4, -0.2) is 21.9 Å². The van der Waals surface area contributed by atoms with E-state index in [1.165, 1.54) is 44.9 Å². The number of aliphatic hydroxyl groups excluding tert-OH is 1. The summed E-state index contributed by atoms with van der Waals surface area (Å²) in [4.78, 5) is 0. The Labute approximate surface area is 180 Å². The average molecular weight is 405 g/mol. The lowest BCUT2D eigenvalue weighted by molar-refractivity contribution is -0.154. The van der Waals surface area contributed by atoms with Crippen LogP contribution >= 0.6 is 0 Å². The number of hydrogen-bond donors (Lipinski definition) is 2. The van der Waals surface area contributed by atoms with E-state index in [-0.39, 0.29) is 11.7 Å². The van der Waals surface area contributed by atoms with Crippen molar-refractivity contribution in [3.63, 3.8) is 0 Å². The zero-order valence-corrected chi connectivity index (χ0v) is 19.9. The fraction of sp³-hybridized carbons (Fsp3) is 1.00. The second-order valence-corrected chi connectivity index (χ2v) is 12.4. The Morgan fingerprint density at radius 3 is 2.31 bits per heavy atom. The maximum Gasteiger partial charge on any atom is 0.0648 e. The quantitative estimate of drug-likeness (QED) is 0.543. The van der Waals surface area contributed by atoms with Gasteiger partial charge in [-0.15, -0.1) is 0 Å². The smallest absolute Gasteiger partial charge is 0.0648 e. The highest BCUT2D eigenvalue weighted by Gasteiger charge is 2.61. The van der Waals surface area contributed by atoms with Crippen molar-refractivity contribution < 1.29 is 10.2 Å². The highest BCUT2D eigenvalue weighted by atomic mass is 16.3. The monoisotopic (exact) mass is 404 g/mol. The van der Waals surface area contributed by atoms with Gasteiger partial charge in [-0.3, -0.25) is 0 Å². The van der Waals surface area contributed by atoms with E-state index in [0.717, 1.165) is 55.8 Å². The first-order valence-corrected chi connectivity index (χ1v) is 13.1. The molecule has 0 bridgehead atoms. The van der Waals surface area contributed by atoms with Gasteiger partial charge in [0.25, 0.3) is 0 Å². The van der Waals surface area contributed by atoms with E-state index < -0.39 is 0 Å². The Balaban J connectivity index is 1.53. The van der Waals surface area contributed by atoms with Gasteiger partial charge in [0, 0.05) is 0 Å². The van der Waals surface area contributed by atoms with E-state index >= 15 is 0 Å². The highest BCUT2D eigenvalue weighted by molar-refractivity contribution is 5.11. The van der Waals surface area contributed by atoms with Crippen LogP contribution in [-0.2, 0) is 0 Å². The third-order valence-electron chi connectivity index (χ3n) is 11.4. The molecule has 2 heteroatoms. The minimum atomic E-state index is -0.385. The third-order valence-corrected chi connectivity index (χ3v) is 11.4. The van der Waals surface area contributed by atoms with Gasteiger partial charge in [0.15, 0.2) is 0 Å². The SMILES string of the molecule is CCCC(O)C(C)[C@H]1CC[C@H]2[C@@H]3CC[C@@H]4C[C@](O)(CC)CC[C@]4(C)[C@H]3CC[C@]12C. The van der Waals surface area contributed by atoms with Gasteiger partial charge in [-0.05, 0) is 117 Å². The maximum atomic E-state index is 11.0. The van der Waals surface area contributed by atoms with E-state index in [2.05, 4.69) is 34.6 Å². The number of hydrogen-bond acceptors (Lipinski definition) is 2. The molecular weight excluding hydrogens is 356 g/mol. The summed E-state index contributed by atoms with van der Waals surface area (Å²) >= 11 is 0. The molecule has 0 aromatic carbocycles. The van der Waals surface area contributed by atoms with Crippen LogP contribution in [0.3, 0.4) is 0 Å². The summed E-state index contributed by atoms with van der Waals surface area (Å²) in [6.07, 6.45) is 14.4. The lowest BCUT2D eigenvalue weighted by atomic mass is 9.43. The van der Waals surface area contributed by atoms with E-state index in [1.807, 2.05) is 0 Å². The molecule has 4 saturated carbocycles. The predicted octanol–water partition coefficient (Wildman–Crippen LogP) is 6.58. The minimum Gasteiger partial charge on any atom is -0.393 e. The molecule has 2 N–H and O–H groups in total. The fourth-order valence-electron chi connectivity index (χ4n) is 9.37. The first-order chi connectivity index (χ1) is 13.7. The molecule has 2 unspecified atom stereocenters. The van der Waals surface area contributed by atoms with Crippen LogP contribution in [0.2, 0.25) is 0 Å². The van der Waals surface area contributed by atoms with Crippen molar-refractivity contribution in [1.29, 1.82) is 0 Å². The Kier molecular flexibility index (Phi) is 5.95. The van der Waals surface area contributed by atoms with Gasteiger partial charge in [0.1, 0.15) is 0 Å². The molecule has 4 aliphatic rings. The first kappa shape index (κ1) is 22.1. The van der Waals surface area contributed by atoms with Crippen molar-refractivity contribution in [2.75, 3.05) is 0 Å². The zero-order chi connectivity index (χ0) is 21.0. The topological polar surface area (TPSA) is 40.5 Å². The van der Waals surface area contributed by atoms with Gasteiger partial charge in [0.05, 0.1) is 11.7 Å². The molecule has 29 heavy (non-hydrogen) atoms. The summed E-state index contributed by atoms with van der Waals surface area (Å²) in [7, 11) is 0. The molecule has 0 saturated heterocycles. The molecule has 0 aromatic heterocycles. The van der Waals surface area contributed by atoms with Gasteiger partial charge in [-0.2, -0.15) is 0 Å². The van der Waals surface area contributed by atoms with Crippen molar-refractivity contribution in [3.05, 3.63) is 0 Å².